The first-order valence-electron chi connectivity index (χ1n) is 6.52. The van der Waals surface area contributed by atoms with Gasteiger partial charge >= 0.3 is 5.97 Å². The first-order valence-corrected chi connectivity index (χ1v) is 6.52. The molecule has 1 heterocycles. The van der Waals surface area contributed by atoms with Gasteiger partial charge in [0.1, 0.15) is 18.4 Å². The molecule has 0 aliphatic heterocycles. The second kappa shape index (κ2) is 7.22. The Morgan fingerprint density at radius 2 is 2.05 bits per heavy atom. The van der Waals surface area contributed by atoms with Crippen molar-refractivity contribution in [3.63, 3.8) is 0 Å². The molecule has 4 heteroatoms. The van der Waals surface area contributed by atoms with E-state index in [1.165, 1.54) is 6.20 Å². The summed E-state index contributed by atoms with van der Waals surface area (Å²) in [6.07, 6.45) is 0.787. The van der Waals surface area contributed by atoms with Crippen molar-refractivity contribution in [2.24, 2.45) is 0 Å². The average molecular weight is 281 g/mol. The fourth-order valence-electron chi connectivity index (χ4n) is 1.57. The maximum absolute atomic E-state index is 11.8. The lowest BCUT2D eigenvalue weighted by molar-refractivity contribution is 0.0465. The Morgan fingerprint density at radius 3 is 2.67 bits per heavy atom. The predicted octanol–water partition coefficient (Wildman–Crippen LogP) is 2.17. The normalized spacial score (nSPS) is 11.1. The summed E-state index contributed by atoms with van der Waals surface area (Å²) in [4.78, 5) is 15.8. The minimum atomic E-state index is -0.694. The molecule has 0 fully saturated rings. The van der Waals surface area contributed by atoms with Gasteiger partial charge in [-0.15, -0.1) is 0 Å². The Balaban J connectivity index is 1.96. The summed E-state index contributed by atoms with van der Waals surface area (Å²) in [5.41, 5.74) is 1.79. The fourth-order valence-corrected chi connectivity index (χ4v) is 1.57. The Morgan fingerprint density at radius 1 is 1.29 bits per heavy atom. The van der Waals surface area contributed by atoms with E-state index in [9.17, 15) is 4.79 Å². The molecule has 1 aromatic heterocycles. The number of ether oxygens (including phenoxy) is 1. The molecule has 2 rings (SSSR count). The van der Waals surface area contributed by atoms with Crippen LogP contribution in [0.1, 0.15) is 28.5 Å². The fraction of sp³-hybridized carbons (Fsp3) is 0.176. The smallest absolute Gasteiger partial charge is 0.357 e. The summed E-state index contributed by atoms with van der Waals surface area (Å²) in [6, 6.07) is 12.7. The van der Waals surface area contributed by atoms with E-state index in [4.69, 9.17) is 9.84 Å². The number of pyridine rings is 1. The Labute approximate surface area is 123 Å². The van der Waals surface area contributed by atoms with E-state index in [0.29, 0.717) is 5.56 Å². The third-order valence-electron chi connectivity index (χ3n) is 2.61. The molecular weight excluding hydrogens is 266 g/mol. The molecule has 0 aliphatic rings. The predicted molar refractivity (Wildman–Crippen MR) is 78.4 cm³/mol. The molecule has 0 saturated heterocycles. The molecule has 21 heavy (non-hydrogen) atoms. The zero-order chi connectivity index (χ0) is 15.1. The molecule has 1 aromatic carbocycles. The molecule has 4 nitrogen and oxygen atoms in total. The Bertz CT molecular complexity index is 652. The second-order valence-corrected chi connectivity index (χ2v) is 4.44. The van der Waals surface area contributed by atoms with Gasteiger partial charge in [-0.05, 0) is 24.6 Å². The first-order chi connectivity index (χ1) is 10.1. The maximum atomic E-state index is 11.8. The number of rotatable bonds is 3. The molecule has 0 spiro atoms. The van der Waals surface area contributed by atoms with Crippen LogP contribution in [0.25, 0.3) is 0 Å². The average Bonchev–Trinajstić information content (AvgIpc) is 2.52. The summed E-state index contributed by atoms with van der Waals surface area (Å²) < 4.78 is 5.17. The number of nitrogens with zero attached hydrogens (tertiary/aromatic N) is 1. The van der Waals surface area contributed by atoms with Crippen molar-refractivity contribution in [1.29, 1.82) is 0 Å². The molecule has 2 aromatic rings. The van der Waals surface area contributed by atoms with Crippen molar-refractivity contribution < 1.29 is 14.6 Å². The summed E-state index contributed by atoms with van der Waals surface area (Å²) in [5.74, 6) is 4.88. The molecular formula is C17H15NO3. The molecule has 0 aliphatic carbocycles. The van der Waals surface area contributed by atoms with Crippen LogP contribution in [0.2, 0.25) is 0 Å². The first kappa shape index (κ1) is 14.8. The van der Waals surface area contributed by atoms with Crippen LogP contribution in [0.5, 0.6) is 0 Å². The third kappa shape index (κ3) is 4.75. The van der Waals surface area contributed by atoms with Gasteiger partial charge in [-0.25, -0.2) is 9.78 Å². The number of hydrogen-bond acceptors (Lipinski definition) is 4. The van der Waals surface area contributed by atoms with Crippen LogP contribution < -0.4 is 0 Å². The Hall–Kier alpha value is -2.64. The van der Waals surface area contributed by atoms with Crippen LogP contribution in [-0.2, 0) is 11.3 Å². The van der Waals surface area contributed by atoms with Crippen molar-refractivity contribution in [2.45, 2.75) is 19.6 Å². The van der Waals surface area contributed by atoms with Crippen molar-refractivity contribution in [3.05, 3.63) is 65.5 Å². The number of benzene rings is 1. The van der Waals surface area contributed by atoms with Gasteiger partial charge in [-0.1, -0.05) is 42.2 Å². The van der Waals surface area contributed by atoms with Crippen LogP contribution in [0.15, 0.2) is 48.7 Å². The van der Waals surface area contributed by atoms with Crippen LogP contribution in [0.3, 0.4) is 0 Å². The van der Waals surface area contributed by atoms with Crippen molar-refractivity contribution in [1.82, 2.24) is 4.98 Å². The molecule has 0 amide bonds. The van der Waals surface area contributed by atoms with Gasteiger partial charge in [-0.3, -0.25) is 0 Å². The van der Waals surface area contributed by atoms with Crippen LogP contribution >= 0.6 is 0 Å². The standard InChI is InChI=1S/C17H15NO3/c1-13(19)7-8-14-9-10-16(18-11-14)17(20)21-12-15-5-3-2-4-6-15/h2-6,9-11,13,19H,12H2,1H3/t13-/m0/s1. The summed E-state index contributed by atoms with van der Waals surface area (Å²) in [6.45, 7) is 1.79. The minimum Gasteiger partial charge on any atom is -0.456 e. The number of hydrogen-bond donors (Lipinski definition) is 1. The van der Waals surface area contributed by atoms with Gasteiger partial charge < -0.3 is 9.84 Å². The van der Waals surface area contributed by atoms with E-state index in [2.05, 4.69) is 16.8 Å². The van der Waals surface area contributed by atoms with Gasteiger partial charge in [0.2, 0.25) is 0 Å². The molecule has 1 atom stereocenters. The van der Waals surface area contributed by atoms with E-state index in [1.54, 1.807) is 19.1 Å². The molecule has 0 radical (unpaired) electrons. The minimum absolute atomic E-state index is 0.213. The van der Waals surface area contributed by atoms with Crippen molar-refractivity contribution >= 4 is 5.97 Å². The van der Waals surface area contributed by atoms with Crippen molar-refractivity contribution in [2.75, 3.05) is 0 Å². The zero-order valence-electron chi connectivity index (χ0n) is 11.6. The maximum Gasteiger partial charge on any atom is 0.357 e. The number of aromatic nitrogens is 1. The largest absolute Gasteiger partial charge is 0.456 e. The van der Waals surface area contributed by atoms with E-state index in [-0.39, 0.29) is 12.3 Å². The quantitative estimate of drug-likeness (QED) is 0.692. The highest BCUT2D eigenvalue weighted by Gasteiger charge is 2.08. The van der Waals surface area contributed by atoms with Gasteiger partial charge in [0.05, 0.1) is 0 Å². The highest BCUT2D eigenvalue weighted by Crippen LogP contribution is 2.05. The number of carbonyl (C=O) groups excluding carboxylic acids is 1. The highest BCUT2D eigenvalue weighted by molar-refractivity contribution is 5.87. The monoisotopic (exact) mass is 281 g/mol. The van der Waals surface area contributed by atoms with Gasteiger partial charge in [0.15, 0.2) is 0 Å². The van der Waals surface area contributed by atoms with Gasteiger partial charge in [0, 0.05) is 11.8 Å². The highest BCUT2D eigenvalue weighted by atomic mass is 16.5. The summed E-state index contributed by atoms with van der Waals surface area (Å²) >= 11 is 0. The topological polar surface area (TPSA) is 59.4 Å². The van der Waals surface area contributed by atoms with E-state index < -0.39 is 12.1 Å². The number of aliphatic hydroxyl groups excluding tert-OH is 1. The summed E-state index contributed by atoms with van der Waals surface area (Å²) in [7, 11) is 0. The third-order valence-corrected chi connectivity index (χ3v) is 2.61. The van der Waals surface area contributed by atoms with Gasteiger partial charge in [0.25, 0.3) is 0 Å². The van der Waals surface area contributed by atoms with Crippen LogP contribution in [0, 0.1) is 11.8 Å². The zero-order valence-corrected chi connectivity index (χ0v) is 11.6. The van der Waals surface area contributed by atoms with Crippen LogP contribution in [0.4, 0.5) is 0 Å². The second-order valence-electron chi connectivity index (χ2n) is 4.44. The molecule has 0 saturated carbocycles. The van der Waals surface area contributed by atoms with E-state index in [0.717, 1.165) is 5.56 Å². The van der Waals surface area contributed by atoms with Crippen molar-refractivity contribution in [3.8, 4) is 11.8 Å². The van der Waals surface area contributed by atoms with Gasteiger partial charge in [-0.2, -0.15) is 0 Å². The molecule has 106 valence electrons. The summed E-state index contributed by atoms with van der Waals surface area (Å²) in [5, 5.41) is 9.07. The number of esters is 1. The molecule has 0 unspecified atom stereocenters. The lowest BCUT2D eigenvalue weighted by Crippen LogP contribution is -2.07. The van der Waals surface area contributed by atoms with E-state index >= 15 is 0 Å². The van der Waals surface area contributed by atoms with Crippen LogP contribution in [-0.4, -0.2) is 22.2 Å². The molecule has 1 N–H and O–H groups in total. The lowest BCUT2D eigenvalue weighted by Gasteiger charge is -2.04. The molecule has 0 bridgehead atoms. The number of carbonyl (C=O) groups is 1. The van der Waals surface area contributed by atoms with E-state index in [1.807, 2.05) is 30.3 Å². The Kier molecular flexibility index (Phi) is 5.08. The SMILES string of the molecule is C[C@H](O)C#Cc1ccc(C(=O)OCc2ccccc2)nc1. The lowest BCUT2D eigenvalue weighted by atomic mass is 10.2. The number of aliphatic hydroxyl groups is 1.